The number of aromatic nitrogens is 1. The van der Waals surface area contributed by atoms with Gasteiger partial charge in [0.1, 0.15) is 6.61 Å². The van der Waals surface area contributed by atoms with E-state index in [1.807, 2.05) is 62.4 Å². The van der Waals surface area contributed by atoms with E-state index in [1.165, 1.54) is 11.3 Å². The highest BCUT2D eigenvalue weighted by Crippen LogP contribution is 2.36. The molecule has 5 rings (SSSR count). The molecule has 1 aliphatic rings. The third-order valence-electron chi connectivity index (χ3n) is 7.19. The SMILES string of the molecule is CCOC(=O)C1=C(C)N=c2s/c(=C\c3ccc(OCc4ccc(Cl)cc4)c(OC)c3)c(=O)n2[C@@H]1c1ccc(OCC)c(OCC)c1. The van der Waals surface area contributed by atoms with Crippen molar-refractivity contribution in [1.29, 1.82) is 0 Å². The number of halogens is 1. The number of allylic oxidation sites excluding steroid dienone is 1. The van der Waals surface area contributed by atoms with Gasteiger partial charge in [0.05, 0.1) is 48.8 Å². The Labute approximate surface area is 275 Å². The second-order valence-corrected chi connectivity index (χ2v) is 11.6. The number of esters is 1. The molecule has 0 amide bonds. The highest BCUT2D eigenvalue weighted by Gasteiger charge is 2.34. The number of thiazole rings is 1. The van der Waals surface area contributed by atoms with E-state index >= 15 is 0 Å². The van der Waals surface area contributed by atoms with Gasteiger partial charge in [0, 0.05) is 5.02 Å². The van der Waals surface area contributed by atoms with Crippen LogP contribution < -0.4 is 33.8 Å². The standard InChI is InChI=1S/C35H35ClN2O7S/c1-6-42-27-16-12-24(19-29(27)43-7-2)32-31(34(40)44-8-3)21(4)37-35-38(32)33(39)30(46-35)18-23-11-15-26(28(17-23)41-5)45-20-22-9-13-25(36)14-10-22/h9-19,32H,6-8,20H2,1-5H3/b30-18-/t32-/m1/s1. The van der Waals surface area contributed by atoms with Crippen molar-refractivity contribution in [2.24, 2.45) is 4.99 Å². The second-order valence-electron chi connectivity index (χ2n) is 10.2. The van der Waals surface area contributed by atoms with Crippen molar-refractivity contribution in [2.75, 3.05) is 26.9 Å². The Morgan fingerprint density at radius 3 is 2.30 bits per heavy atom. The van der Waals surface area contributed by atoms with Crippen molar-refractivity contribution in [3.8, 4) is 23.0 Å². The molecule has 1 aliphatic heterocycles. The Bertz CT molecular complexity index is 1950. The summed E-state index contributed by atoms with van der Waals surface area (Å²) < 4.78 is 30.6. The van der Waals surface area contributed by atoms with E-state index in [1.54, 1.807) is 43.7 Å². The molecule has 1 aromatic heterocycles. The van der Waals surface area contributed by atoms with E-state index in [2.05, 4.69) is 4.99 Å². The Morgan fingerprint density at radius 1 is 0.913 bits per heavy atom. The maximum atomic E-state index is 14.1. The van der Waals surface area contributed by atoms with E-state index in [0.717, 1.165) is 11.1 Å². The molecule has 0 N–H and O–H groups in total. The van der Waals surface area contributed by atoms with Crippen LogP contribution in [0.2, 0.25) is 5.02 Å². The fraction of sp³-hybridized carbons (Fsp3) is 0.286. The molecule has 2 heterocycles. The Hall–Kier alpha value is -4.54. The zero-order valence-corrected chi connectivity index (χ0v) is 27.9. The third kappa shape index (κ3) is 6.98. The lowest BCUT2D eigenvalue weighted by molar-refractivity contribution is -0.139. The maximum absolute atomic E-state index is 14.1. The number of benzene rings is 3. The highest BCUT2D eigenvalue weighted by molar-refractivity contribution is 7.07. The van der Waals surface area contributed by atoms with Crippen LogP contribution in [0, 0.1) is 0 Å². The minimum Gasteiger partial charge on any atom is -0.493 e. The number of carbonyl (C=O) groups is 1. The quantitative estimate of drug-likeness (QED) is 0.176. The van der Waals surface area contributed by atoms with Gasteiger partial charge in [-0.25, -0.2) is 9.79 Å². The summed E-state index contributed by atoms with van der Waals surface area (Å²) in [5, 5.41) is 0.657. The normalized spacial score (nSPS) is 14.4. The monoisotopic (exact) mass is 662 g/mol. The predicted molar refractivity (Wildman–Crippen MR) is 178 cm³/mol. The van der Waals surface area contributed by atoms with Crippen LogP contribution in [-0.2, 0) is 16.1 Å². The van der Waals surface area contributed by atoms with Crippen molar-refractivity contribution in [3.63, 3.8) is 0 Å². The third-order valence-corrected chi connectivity index (χ3v) is 8.43. The summed E-state index contributed by atoms with van der Waals surface area (Å²) in [5.41, 5.74) is 2.84. The molecule has 0 bridgehead atoms. The van der Waals surface area contributed by atoms with Crippen LogP contribution in [0.5, 0.6) is 23.0 Å². The van der Waals surface area contributed by atoms with Gasteiger partial charge in [0.2, 0.25) is 0 Å². The van der Waals surface area contributed by atoms with Gasteiger partial charge in [-0.05, 0) is 86.9 Å². The van der Waals surface area contributed by atoms with E-state index < -0.39 is 12.0 Å². The molecule has 0 radical (unpaired) electrons. The summed E-state index contributed by atoms with van der Waals surface area (Å²) in [7, 11) is 1.56. The number of rotatable bonds is 12. The number of methoxy groups -OCH3 is 1. The topological polar surface area (TPSA) is 97.6 Å². The Balaban J connectivity index is 1.57. The van der Waals surface area contributed by atoms with Crippen molar-refractivity contribution in [1.82, 2.24) is 4.57 Å². The van der Waals surface area contributed by atoms with E-state index in [4.69, 9.17) is 35.3 Å². The summed E-state index contributed by atoms with van der Waals surface area (Å²) in [5.74, 6) is 1.65. The molecule has 0 unspecified atom stereocenters. The van der Waals surface area contributed by atoms with Crippen LogP contribution in [-0.4, -0.2) is 37.5 Å². The van der Waals surface area contributed by atoms with Crippen LogP contribution in [0.25, 0.3) is 6.08 Å². The summed E-state index contributed by atoms with van der Waals surface area (Å²) >= 11 is 7.23. The van der Waals surface area contributed by atoms with E-state index in [0.29, 0.717) is 68.4 Å². The first-order valence-corrected chi connectivity index (χ1v) is 16.1. The Kier molecular flexibility index (Phi) is 10.5. The molecule has 240 valence electrons. The fourth-order valence-electron chi connectivity index (χ4n) is 5.13. The molecule has 0 aliphatic carbocycles. The largest absolute Gasteiger partial charge is 0.493 e. The van der Waals surface area contributed by atoms with Crippen molar-refractivity contribution in [2.45, 2.75) is 40.3 Å². The van der Waals surface area contributed by atoms with Crippen LogP contribution >= 0.6 is 22.9 Å². The number of fused-ring (bicyclic) bond motifs is 1. The smallest absolute Gasteiger partial charge is 0.338 e. The van der Waals surface area contributed by atoms with Crippen molar-refractivity contribution < 1.29 is 28.5 Å². The molecule has 11 heteroatoms. The first kappa shape index (κ1) is 32.8. The summed E-state index contributed by atoms with van der Waals surface area (Å²) in [6.07, 6.45) is 1.78. The minimum atomic E-state index is -0.787. The lowest BCUT2D eigenvalue weighted by Crippen LogP contribution is -2.40. The Morgan fingerprint density at radius 2 is 1.61 bits per heavy atom. The number of hydrogen-bond donors (Lipinski definition) is 0. The van der Waals surface area contributed by atoms with Gasteiger partial charge in [-0.15, -0.1) is 0 Å². The molecule has 0 saturated heterocycles. The molecule has 0 spiro atoms. The summed E-state index contributed by atoms with van der Waals surface area (Å²) in [6, 6.07) is 17.5. The summed E-state index contributed by atoms with van der Waals surface area (Å²) in [4.78, 5) is 32.5. The van der Waals surface area contributed by atoms with Crippen LogP contribution in [0.15, 0.2) is 81.7 Å². The molecule has 46 heavy (non-hydrogen) atoms. The average molecular weight is 663 g/mol. The number of carbonyl (C=O) groups excluding carboxylic acids is 1. The zero-order chi connectivity index (χ0) is 32.8. The van der Waals surface area contributed by atoms with E-state index in [9.17, 15) is 9.59 Å². The van der Waals surface area contributed by atoms with E-state index in [-0.39, 0.29) is 17.7 Å². The number of nitrogens with zero attached hydrogens (tertiary/aromatic N) is 2. The molecule has 1 atom stereocenters. The van der Waals surface area contributed by atoms with Gasteiger partial charge in [-0.2, -0.15) is 0 Å². The van der Waals surface area contributed by atoms with Gasteiger partial charge in [-0.3, -0.25) is 9.36 Å². The van der Waals surface area contributed by atoms with Crippen LogP contribution in [0.1, 0.15) is 50.4 Å². The van der Waals surface area contributed by atoms with Crippen LogP contribution in [0.3, 0.4) is 0 Å². The van der Waals surface area contributed by atoms with Gasteiger partial charge < -0.3 is 23.7 Å². The summed E-state index contributed by atoms with van der Waals surface area (Å²) in [6.45, 7) is 8.66. The highest BCUT2D eigenvalue weighted by atomic mass is 35.5. The fourth-order valence-corrected chi connectivity index (χ4v) is 6.30. The molecule has 0 saturated carbocycles. The first-order chi connectivity index (χ1) is 22.3. The lowest BCUT2D eigenvalue weighted by atomic mass is 9.95. The van der Waals surface area contributed by atoms with Crippen molar-refractivity contribution in [3.05, 3.63) is 113 Å². The molecule has 9 nitrogen and oxygen atoms in total. The molecular weight excluding hydrogens is 628 g/mol. The molecule has 3 aromatic carbocycles. The number of ether oxygens (including phenoxy) is 5. The minimum absolute atomic E-state index is 0.182. The van der Waals surface area contributed by atoms with Gasteiger partial charge in [0.25, 0.3) is 5.56 Å². The first-order valence-electron chi connectivity index (χ1n) is 14.9. The number of hydrogen-bond acceptors (Lipinski definition) is 9. The van der Waals surface area contributed by atoms with Crippen molar-refractivity contribution >= 4 is 35.0 Å². The average Bonchev–Trinajstić information content (AvgIpc) is 3.35. The van der Waals surface area contributed by atoms with Gasteiger partial charge >= 0.3 is 5.97 Å². The zero-order valence-electron chi connectivity index (χ0n) is 26.3. The lowest BCUT2D eigenvalue weighted by Gasteiger charge is -2.25. The van der Waals surface area contributed by atoms with Gasteiger partial charge in [-0.1, -0.05) is 47.2 Å². The van der Waals surface area contributed by atoms with Crippen LogP contribution in [0.4, 0.5) is 0 Å². The molecule has 0 fully saturated rings. The molecule has 4 aromatic rings. The maximum Gasteiger partial charge on any atom is 0.338 e. The predicted octanol–water partition coefficient (Wildman–Crippen LogP) is 5.84. The second kappa shape index (κ2) is 14.7. The molecular formula is C35H35ClN2O7S. The van der Waals surface area contributed by atoms with Gasteiger partial charge in [0.15, 0.2) is 27.8 Å².